The van der Waals surface area contributed by atoms with E-state index in [1.807, 2.05) is 6.92 Å². The molecular weight excluding hydrogens is 459 g/mol. The van der Waals surface area contributed by atoms with Crippen molar-refractivity contribution in [2.75, 3.05) is 5.32 Å². The summed E-state index contributed by atoms with van der Waals surface area (Å²) in [4.78, 5) is 28.5. The topological polar surface area (TPSA) is 121 Å². The van der Waals surface area contributed by atoms with E-state index in [0.29, 0.717) is 29.1 Å². The molecule has 0 aliphatic carbocycles. The fourth-order valence-corrected chi connectivity index (χ4v) is 4.42. The summed E-state index contributed by atoms with van der Waals surface area (Å²) in [6.45, 7) is 4.01. The Hall–Kier alpha value is -3.74. The van der Waals surface area contributed by atoms with Crippen LogP contribution >= 0.6 is 11.3 Å². The van der Waals surface area contributed by atoms with Crippen LogP contribution < -0.4 is 11.1 Å². The van der Waals surface area contributed by atoms with Crippen molar-refractivity contribution in [1.29, 1.82) is 0 Å². The molecule has 0 bridgehead atoms. The van der Waals surface area contributed by atoms with Crippen molar-refractivity contribution in [2.24, 2.45) is 12.8 Å². The summed E-state index contributed by atoms with van der Waals surface area (Å²) in [5.74, 6) is -1.50. The van der Waals surface area contributed by atoms with Gasteiger partial charge in [-0.3, -0.25) is 19.0 Å². The van der Waals surface area contributed by atoms with Gasteiger partial charge in [-0.25, -0.2) is 4.98 Å². The Labute approximate surface area is 189 Å². The summed E-state index contributed by atoms with van der Waals surface area (Å²) in [5, 5.41) is 11.0. The summed E-state index contributed by atoms with van der Waals surface area (Å²) >= 11 is 0.683. The number of carbonyl (C=O) groups excluding carboxylic acids is 2. The zero-order valence-electron chi connectivity index (χ0n) is 17.7. The van der Waals surface area contributed by atoms with Gasteiger partial charge in [-0.2, -0.15) is 23.4 Å². The lowest BCUT2D eigenvalue weighted by Gasteiger charge is -2.11. The Morgan fingerprint density at radius 3 is 2.52 bits per heavy atom. The maximum Gasteiger partial charge on any atom is 0.433 e. The maximum atomic E-state index is 13.6. The fourth-order valence-electron chi connectivity index (χ4n) is 3.42. The van der Waals surface area contributed by atoms with Crippen molar-refractivity contribution >= 4 is 39.1 Å². The number of nitrogens with one attached hydrogen (secondary N) is 1. The van der Waals surface area contributed by atoms with E-state index in [1.165, 1.54) is 17.1 Å². The molecule has 0 aromatic carbocycles. The van der Waals surface area contributed by atoms with Crippen molar-refractivity contribution in [3.63, 3.8) is 0 Å². The molecule has 0 radical (unpaired) electrons. The molecular formula is C20H18F3N7O2S. The summed E-state index contributed by atoms with van der Waals surface area (Å²) in [6, 6.07) is 0.892. The van der Waals surface area contributed by atoms with E-state index in [9.17, 15) is 22.8 Å². The van der Waals surface area contributed by atoms with Gasteiger partial charge in [0.15, 0.2) is 0 Å². The van der Waals surface area contributed by atoms with Gasteiger partial charge in [-0.1, -0.05) is 0 Å². The van der Waals surface area contributed by atoms with Crippen LogP contribution in [0.15, 0.2) is 24.7 Å². The standard InChI is InChI=1S/C20H18F3N7O2S/c1-4-30-8-12(9(2)28-30)11-5-13(20(21,22)23)26-19-14(11)15(16(33-19)17(24)31)27-18(32)10-6-25-29(3)7-10/h5-8H,4H2,1-3H3,(H2,24,31)(H,27,32). The van der Waals surface area contributed by atoms with Crippen LogP contribution in [0.4, 0.5) is 18.9 Å². The highest BCUT2D eigenvalue weighted by Gasteiger charge is 2.35. The molecule has 0 spiro atoms. The van der Waals surface area contributed by atoms with E-state index in [4.69, 9.17) is 5.73 Å². The number of primary amides is 1. The lowest BCUT2D eigenvalue weighted by molar-refractivity contribution is -0.140. The Balaban J connectivity index is 2.01. The minimum Gasteiger partial charge on any atom is -0.365 e. The van der Waals surface area contributed by atoms with E-state index >= 15 is 0 Å². The average molecular weight is 477 g/mol. The van der Waals surface area contributed by atoms with E-state index < -0.39 is 23.7 Å². The lowest BCUT2D eigenvalue weighted by atomic mass is 10.0. The zero-order chi connectivity index (χ0) is 24.1. The highest BCUT2D eigenvalue weighted by atomic mass is 32.1. The van der Waals surface area contributed by atoms with Crippen LogP contribution in [0.5, 0.6) is 0 Å². The number of carbonyl (C=O) groups is 2. The van der Waals surface area contributed by atoms with Gasteiger partial charge in [0.1, 0.15) is 15.4 Å². The van der Waals surface area contributed by atoms with E-state index in [2.05, 4.69) is 20.5 Å². The van der Waals surface area contributed by atoms with Crippen LogP contribution in [-0.2, 0) is 19.8 Å². The van der Waals surface area contributed by atoms with Crippen LogP contribution in [-0.4, -0.2) is 36.4 Å². The van der Waals surface area contributed by atoms with Crippen LogP contribution in [0, 0.1) is 6.92 Å². The third-order valence-corrected chi connectivity index (χ3v) is 6.04. The number of nitrogens with two attached hydrogens (primary N) is 1. The van der Waals surface area contributed by atoms with Crippen molar-refractivity contribution in [1.82, 2.24) is 24.5 Å². The summed E-state index contributed by atoms with van der Waals surface area (Å²) in [7, 11) is 1.63. The minimum atomic E-state index is -4.73. The third kappa shape index (κ3) is 4.06. The van der Waals surface area contributed by atoms with Crippen LogP contribution in [0.2, 0.25) is 0 Å². The van der Waals surface area contributed by atoms with Crippen molar-refractivity contribution in [2.45, 2.75) is 26.6 Å². The van der Waals surface area contributed by atoms with E-state index in [-0.39, 0.29) is 31.9 Å². The van der Waals surface area contributed by atoms with Gasteiger partial charge in [0.05, 0.1) is 23.1 Å². The summed E-state index contributed by atoms with van der Waals surface area (Å²) in [5.41, 5.74) is 5.60. The summed E-state index contributed by atoms with van der Waals surface area (Å²) in [6.07, 6.45) is -0.333. The molecule has 0 fully saturated rings. The SMILES string of the molecule is CCn1cc(-c2cc(C(F)(F)F)nc3sc(C(N)=O)c(NC(=O)c4cnn(C)c4)c23)c(C)n1. The lowest BCUT2D eigenvalue weighted by Crippen LogP contribution is -2.16. The number of aryl methyl sites for hydroxylation is 3. The molecule has 3 N–H and O–H groups in total. The highest BCUT2D eigenvalue weighted by Crippen LogP contribution is 2.44. The average Bonchev–Trinajstić information content (AvgIpc) is 3.43. The molecule has 4 aromatic heterocycles. The molecule has 172 valence electrons. The number of thiophene rings is 1. The maximum absolute atomic E-state index is 13.6. The smallest absolute Gasteiger partial charge is 0.365 e. The molecule has 4 heterocycles. The molecule has 4 aromatic rings. The number of halogens is 3. The van der Waals surface area contributed by atoms with Crippen molar-refractivity contribution < 1.29 is 22.8 Å². The predicted octanol–water partition coefficient (Wildman–Crippen LogP) is 3.59. The molecule has 2 amide bonds. The second-order valence-electron chi connectivity index (χ2n) is 7.24. The highest BCUT2D eigenvalue weighted by molar-refractivity contribution is 7.21. The van der Waals surface area contributed by atoms with Crippen LogP contribution in [0.3, 0.4) is 0 Å². The molecule has 0 aliphatic rings. The Morgan fingerprint density at radius 2 is 1.97 bits per heavy atom. The van der Waals surface area contributed by atoms with Gasteiger partial charge in [0.25, 0.3) is 11.8 Å². The first-order chi connectivity index (χ1) is 15.5. The number of pyridine rings is 1. The van der Waals surface area contributed by atoms with Crippen molar-refractivity contribution in [3.8, 4) is 11.1 Å². The monoisotopic (exact) mass is 477 g/mol. The van der Waals surface area contributed by atoms with Gasteiger partial charge in [0, 0.05) is 36.9 Å². The van der Waals surface area contributed by atoms with Crippen LogP contribution in [0.1, 0.15) is 38.3 Å². The van der Waals surface area contributed by atoms with Gasteiger partial charge in [-0.05, 0) is 25.5 Å². The molecule has 0 atom stereocenters. The zero-order valence-corrected chi connectivity index (χ0v) is 18.5. The first-order valence-corrected chi connectivity index (χ1v) is 10.5. The largest absolute Gasteiger partial charge is 0.433 e. The second kappa shape index (κ2) is 7.99. The van der Waals surface area contributed by atoms with Gasteiger partial charge in [0.2, 0.25) is 0 Å². The first-order valence-electron chi connectivity index (χ1n) is 9.68. The third-order valence-electron chi connectivity index (χ3n) is 4.94. The van der Waals surface area contributed by atoms with Crippen molar-refractivity contribution in [3.05, 3.63) is 46.5 Å². The normalized spacial score (nSPS) is 11.8. The number of fused-ring (bicyclic) bond motifs is 1. The first kappa shape index (κ1) is 22.5. The molecule has 0 aliphatic heterocycles. The van der Waals surface area contributed by atoms with Gasteiger partial charge in [-0.15, -0.1) is 11.3 Å². The van der Waals surface area contributed by atoms with E-state index in [1.54, 1.807) is 24.9 Å². The van der Waals surface area contributed by atoms with E-state index in [0.717, 1.165) is 6.07 Å². The minimum absolute atomic E-state index is 0.00349. The molecule has 0 unspecified atom stereocenters. The number of rotatable bonds is 5. The number of aromatic nitrogens is 5. The molecule has 9 nitrogen and oxygen atoms in total. The molecule has 0 saturated carbocycles. The number of hydrogen-bond donors (Lipinski definition) is 2. The summed E-state index contributed by atoms with van der Waals surface area (Å²) < 4.78 is 43.9. The Morgan fingerprint density at radius 1 is 1.24 bits per heavy atom. The Kier molecular flexibility index (Phi) is 5.44. The number of anilines is 1. The Bertz CT molecular complexity index is 1400. The van der Waals surface area contributed by atoms with Crippen LogP contribution in [0.25, 0.3) is 21.3 Å². The van der Waals surface area contributed by atoms with Gasteiger partial charge >= 0.3 is 6.18 Å². The quantitative estimate of drug-likeness (QED) is 0.455. The number of hydrogen-bond acceptors (Lipinski definition) is 6. The number of alkyl halides is 3. The second-order valence-corrected chi connectivity index (χ2v) is 8.24. The fraction of sp³-hybridized carbons (Fsp3) is 0.250. The molecule has 4 rings (SSSR count). The van der Waals surface area contributed by atoms with Gasteiger partial charge < -0.3 is 11.1 Å². The molecule has 33 heavy (non-hydrogen) atoms. The number of nitrogens with zero attached hydrogens (tertiary/aromatic N) is 5. The predicted molar refractivity (Wildman–Crippen MR) is 116 cm³/mol. The molecule has 13 heteroatoms. The number of amides is 2. The molecule has 0 saturated heterocycles.